The van der Waals surface area contributed by atoms with Crippen LogP contribution in [0.25, 0.3) is 0 Å². The summed E-state index contributed by atoms with van der Waals surface area (Å²) in [6.07, 6.45) is 3.75. The van der Waals surface area contributed by atoms with Gasteiger partial charge in [-0.15, -0.1) is 0 Å². The van der Waals surface area contributed by atoms with Gasteiger partial charge < -0.3 is 10.6 Å². The minimum Gasteiger partial charge on any atom is -0.327 e. The van der Waals surface area contributed by atoms with Crippen molar-refractivity contribution in [3.05, 3.63) is 0 Å². The highest BCUT2D eigenvalue weighted by molar-refractivity contribution is 4.83. The molecule has 2 N–H and O–H groups in total. The highest BCUT2D eigenvalue weighted by atomic mass is 15.2. The van der Waals surface area contributed by atoms with E-state index in [-0.39, 0.29) is 0 Å². The summed E-state index contributed by atoms with van der Waals surface area (Å²) in [5, 5.41) is 0. The summed E-state index contributed by atoms with van der Waals surface area (Å²) in [7, 11) is 0. The fraction of sp³-hybridized carbons (Fsp3) is 1.00. The molecule has 0 aromatic heterocycles. The minimum absolute atomic E-state index is 0.454. The zero-order chi connectivity index (χ0) is 9.84. The predicted molar refractivity (Wildman–Crippen MR) is 57.7 cm³/mol. The van der Waals surface area contributed by atoms with Crippen molar-refractivity contribution in [2.24, 2.45) is 11.7 Å². The number of hydrogen-bond acceptors (Lipinski definition) is 2. The van der Waals surface area contributed by atoms with Crippen molar-refractivity contribution in [2.75, 3.05) is 13.1 Å². The Hall–Kier alpha value is -0.0800. The van der Waals surface area contributed by atoms with Crippen molar-refractivity contribution < 1.29 is 0 Å². The van der Waals surface area contributed by atoms with Crippen molar-refractivity contribution in [1.29, 1.82) is 0 Å². The van der Waals surface area contributed by atoms with Gasteiger partial charge in [0.1, 0.15) is 0 Å². The number of nitrogens with zero attached hydrogens (tertiary/aromatic N) is 1. The van der Waals surface area contributed by atoms with Crippen LogP contribution in [-0.4, -0.2) is 30.1 Å². The number of rotatable bonds is 3. The molecule has 1 saturated heterocycles. The highest BCUT2D eigenvalue weighted by Gasteiger charge is 2.26. The number of piperidine rings is 1. The van der Waals surface area contributed by atoms with Gasteiger partial charge in [-0.2, -0.15) is 0 Å². The molecule has 1 fully saturated rings. The van der Waals surface area contributed by atoms with E-state index in [1.165, 1.54) is 32.4 Å². The predicted octanol–water partition coefficient (Wildman–Crippen LogP) is 1.84. The van der Waals surface area contributed by atoms with Gasteiger partial charge in [0.05, 0.1) is 0 Å². The second-order valence-electron chi connectivity index (χ2n) is 4.59. The lowest BCUT2D eigenvalue weighted by molar-refractivity contribution is 0.119. The number of hydrogen-bond donors (Lipinski definition) is 1. The molecule has 0 radical (unpaired) electrons. The van der Waals surface area contributed by atoms with Crippen LogP contribution in [0.3, 0.4) is 0 Å². The Labute approximate surface area is 82.5 Å². The maximum atomic E-state index is 6.10. The normalized spacial score (nSPS) is 31.2. The first-order valence-corrected chi connectivity index (χ1v) is 5.64. The minimum atomic E-state index is 0.454. The van der Waals surface area contributed by atoms with Gasteiger partial charge in [-0.25, -0.2) is 0 Å². The lowest BCUT2D eigenvalue weighted by atomic mass is 9.88. The SMILES string of the molecule is CCC[C@@H]1CN(C(C)C)CCC1N. The van der Waals surface area contributed by atoms with E-state index in [0.717, 1.165) is 5.92 Å². The van der Waals surface area contributed by atoms with Gasteiger partial charge in [0.15, 0.2) is 0 Å². The lowest BCUT2D eigenvalue weighted by Crippen LogP contribution is -2.49. The van der Waals surface area contributed by atoms with Crippen LogP contribution in [0.1, 0.15) is 40.0 Å². The molecule has 1 aliphatic heterocycles. The van der Waals surface area contributed by atoms with E-state index < -0.39 is 0 Å². The summed E-state index contributed by atoms with van der Waals surface area (Å²) in [5.41, 5.74) is 6.10. The van der Waals surface area contributed by atoms with Crippen LogP contribution in [0, 0.1) is 5.92 Å². The zero-order valence-corrected chi connectivity index (χ0v) is 9.29. The fourth-order valence-electron chi connectivity index (χ4n) is 2.22. The third-order valence-corrected chi connectivity index (χ3v) is 3.21. The molecule has 0 saturated carbocycles. The van der Waals surface area contributed by atoms with Crippen LogP contribution in [0.5, 0.6) is 0 Å². The maximum Gasteiger partial charge on any atom is 0.00915 e. The van der Waals surface area contributed by atoms with E-state index in [1.54, 1.807) is 0 Å². The van der Waals surface area contributed by atoms with E-state index in [1.807, 2.05) is 0 Å². The van der Waals surface area contributed by atoms with Crippen LogP contribution in [0.4, 0.5) is 0 Å². The van der Waals surface area contributed by atoms with E-state index in [0.29, 0.717) is 12.1 Å². The van der Waals surface area contributed by atoms with Gasteiger partial charge in [-0.05, 0) is 39.2 Å². The second kappa shape index (κ2) is 4.97. The largest absolute Gasteiger partial charge is 0.327 e. The van der Waals surface area contributed by atoms with Gasteiger partial charge in [0.25, 0.3) is 0 Å². The molecule has 1 heterocycles. The lowest BCUT2D eigenvalue weighted by Gasteiger charge is -2.39. The molecule has 0 amide bonds. The second-order valence-corrected chi connectivity index (χ2v) is 4.59. The van der Waals surface area contributed by atoms with Crippen molar-refractivity contribution in [3.8, 4) is 0 Å². The Bertz CT molecular complexity index is 145. The first-order valence-electron chi connectivity index (χ1n) is 5.64. The van der Waals surface area contributed by atoms with E-state index in [2.05, 4.69) is 25.7 Å². The van der Waals surface area contributed by atoms with Crippen molar-refractivity contribution in [1.82, 2.24) is 4.90 Å². The van der Waals surface area contributed by atoms with Crippen molar-refractivity contribution >= 4 is 0 Å². The summed E-state index contributed by atoms with van der Waals surface area (Å²) in [5.74, 6) is 0.737. The van der Waals surface area contributed by atoms with Gasteiger partial charge in [-0.3, -0.25) is 0 Å². The molecule has 2 heteroatoms. The van der Waals surface area contributed by atoms with Crippen molar-refractivity contribution in [3.63, 3.8) is 0 Å². The molecule has 13 heavy (non-hydrogen) atoms. The molecule has 1 rings (SSSR count). The Morgan fingerprint density at radius 1 is 1.46 bits per heavy atom. The summed E-state index contributed by atoms with van der Waals surface area (Å²) < 4.78 is 0. The van der Waals surface area contributed by atoms with Crippen molar-refractivity contribution in [2.45, 2.75) is 52.1 Å². The topological polar surface area (TPSA) is 29.3 Å². The van der Waals surface area contributed by atoms with Crippen LogP contribution >= 0.6 is 0 Å². The molecule has 0 aromatic rings. The Morgan fingerprint density at radius 2 is 2.15 bits per heavy atom. The first kappa shape index (κ1) is 11.0. The van der Waals surface area contributed by atoms with Crippen LogP contribution in [-0.2, 0) is 0 Å². The molecule has 0 aromatic carbocycles. The molecule has 1 aliphatic rings. The summed E-state index contributed by atoms with van der Waals surface area (Å²) in [6, 6.07) is 1.14. The average Bonchev–Trinajstić information content (AvgIpc) is 2.08. The third-order valence-electron chi connectivity index (χ3n) is 3.21. The molecule has 2 nitrogen and oxygen atoms in total. The van der Waals surface area contributed by atoms with Crippen LogP contribution < -0.4 is 5.73 Å². The van der Waals surface area contributed by atoms with Crippen LogP contribution in [0.2, 0.25) is 0 Å². The molecule has 1 unspecified atom stereocenters. The third kappa shape index (κ3) is 2.96. The van der Waals surface area contributed by atoms with E-state index in [4.69, 9.17) is 5.73 Å². The molecule has 78 valence electrons. The first-order chi connectivity index (χ1) is 6.15. The zero-order valence-electron chi connectivity index (χ0n) is 9.29. The molecule has 0 spiro atoms. The summed E-state index contributed by atoms with van der Waals surface area (Å²) in [6.45, 7) is 9.21. The van der Waals surface area contributed by atoms with Gasteiger partial charge in [0.2, 0.25) is 0 Å². The summed E-state index contributed by atoms with van der Waals surface area (Å²) >= 11 is 0. The molecule has 2 atom stereocenters. The van der Waals surface area contributed by atoms with E-state index >= 15 is 0 Å². The van der Waals surface area contributed by atoms with Crippen LogP contribution in [0.15, 0.2) is 0 Å². The van der Waals surface area contributed by atoms with E-state index in [9.17, 15) is 0 Å². The quantitative estimate of drug-likeness (QED) is 0.725. The maximum absolute atomic E-state index is 6.10. The molecule has 0 aliphatic carbocycles. The molecule has 0 bridgehead atoms. The molecular formula is C11H24N2. The Balaban J connectivity index is 2.42. The van der Waals surface area contributed by atoms with Gasteiger partial charge >= 0.3 is 0 Å². The standard InChI is InChI=1S/C11H24N2/c1-4-5-10-8-13(9(2)3)7-6-11(10)12/h9-11H,4-8,12H2,1-3H3/t10-,11?/m1/s1. The van der Waals surface area contributed by atoms with Gasteiger partial charge in [-0.1, -0.05) is 13.3 Å². The highest BCUT2D eigenvalue weighted by Crippen LogP contribution is 2.21. The number of likely N-dealkylation sites (tertiary alicyclic amines) is 1. The summed E-state index contributed by atoms with van der Waals surface area (Å²) in [4.78, 5) is 2.56. The average molecular weight is 184 g/mol. The Morgan fingerprint density at radius 3 is 2.69 bits per heavy atom. The number of nitrogens with two attached hydrogens (primary N) is 1. The molecular weight excluding hydrogens is 160 g/mol. The van der Waals surface area contributed by atoms with Gasteiger partial charge in [0, 0.05) is 18.6 Å². The monoisotopic (exact) mass is 184 g/mol. The Kier molecular flexibility index (Phi) is 4.20. The fourth-order valence-corrected chi connectivity index (χ4v) is 2.22. The smallest absolute Gasteiger partial charge is 0.00915 e.